The molecule has 1 aromatic heterocycles. The molecule has 0 unspecified atom stereocenters. The van der Waals surface area contributed by atoms with Crippen LogP contribution in [0.4, 0.5) is 13.2 Å². The summed E-state index contributed by atoms with van der Waals surface area (Å²) in [4.78, 5) is 16.2. The van der Waals surface area contributed by atoms with Gasteiger partial charge in [0.25, 0.3) is 5.91 Å². The first kappa shape index (κ1) is 17.9. The molecule has 1 N–H and O–H groups in total. The summed E-state index contributed by atoms with van der Waals surface area (Å²) in [6.45, 7) is 0.196. The Balaban J connectivity index is 1.55. The SMILES string of the molecule is O=C(NCc1ccc(F)cc1)c1csc(COc2ccc(F)cc2F)n1. The zero-order valence-corrected chi connectivity index (χ0v) is 14.2. The lowest BCUT2D eigenvalue weighted by atomic mass is 10.2. The molecule has 0 atom stereocenters. The number of carbonyl (C=O) groups is 1. The quantitative estimate of drug-likeness (QED) is 0.704. The topological polar surface area (TPSA) is 51.2 Å². The van der Waals surface area contributed by atoms with Gasteiger partial charge in [-0.15, -0.1) is 11.3 Å². The van der Waals surface area contributed by atoms with Crippen LogP contribution in [0.15, 0.2) is 47.8 Å². The molecule has 26 heavy (non-hydrogen) atoms. The molecule has 0 bridgehead atoms. The van der Waals surface area contributed by atoms with E-state index in [2.05, 4.69) is 10.3 Å². The van der Waals surface area contributed by atoms with Crippen LogP contribution in [0.5, 0.6) is 5.75 Å². The lowest BCUT2D eigenvalue weighted by Crippen LogP contribution is -2.23. The summed E-state index contributed by atoms with van der Waals surface area (Å²) in [7, 11) is 0. The minimum absolute atomic E-state index is 0.0432. The number of benzene rings is 2. The molecule has 3 aromatic rings. The second-order valence-electron chi connectivity index (χ2n) is 5.30. The number of thiazole rings is 1. The molecule has 0 saturated heterocycles. The summed E-state index contributed by atoms with van der Waals surface area (Å²) in [6.07, 6.45) is 0. The van der Waals surface area contributed by atoms with E-state index in [9.17, 15) is 18.0 Å². The van der Waals surface area contributed by atoms with Gasteiger partial charge in [-0.1, -0.05) is 12.1 Å². The molecule has 1 heterocycles. The maximum Gasteiger partial charge on any atom is 0.271 e. The Hall–Kier alpha value is -2.87. The van der Waals surface area contributed by atoms with Crippen LogP contribution in [0.3, 0.4) is 0 Å². The van der Waals surface area contributed by atoms with Crippen molar-refractivity contribution in [2.75, 3.05) is 0 Å². The first-order valence-corrected chi connectivity index (χ1v) is 8.44. The van der Waals surface area contributed by atoms with E-state index in [0.717, 1.165) is 17.7 Å². The van der Waals surface area contributed by atoms with Gasteiger partial charge in [0.2, 0.25) is 0 Å². The van der Waals surface area contributed by atoms with Gasteiger partial charge >= 0.3 is 0 Å². The summed E-state index contributed by atoms with van der Waals surface area (Å²) in [5.41, 5.74) is 0.959. The van der Waals surface area contributed by atoms with Crippen molar-refractivity contribution in [2.24, 2.45) is 0 Å². The maximum atomic E-state index is 13.5. The van der Waals surface area contributed by atoms with Gasteiger partial charge in [-0.2, -0.15) is 0 Å². The first-order valence-electron chi connectivity index (χ1n) is 7.56. The van der Waals surface area contributed by atoms with Crippen molar-refractivity contribution in [3.63, 3.8) is 0 Å². The Bertz CT molecular complexity index is 913. The summed E-state index contributed by atoms with van der Waals surface area (Å²) in [6, 6.07) is 8.79. The highest BCUT2D eigenvalue weighted by Crippen LogP contribution is 2.20. The normalized spacial score (nSPS) is 10.6. The third-order valence-electron chi connectivity index (χ3n) is 3.40. The Morgan fingerprint density at radius 3 is 2.54 bits per heavy atom. The summed E-state index contributed by atoms with van der Waals surface area (Å²) in [5, 5.41) is 4.71. The lowest BCUT2D eigenvalue weighted by molar-refractivity contribution is 0.0946. The van der Waals surface area contributed by atoms with Gasteiger partial charge in [0, 0.05) is 18.0 Å². The summed E-state index contributed by atoms with van der Waals surface area (Å²) < 4.78 is 44.4. The molecule has 4 nitrogen and oxygen atoms in total. The van der Waals surface area contributed by atoms with E-state index in [1.54, 1.807) is 17.5 Å². The van der Waals surface area contributed by atoms with E-state index >= 15 is 0 Å². The standard InChI is InChI=1S/C18H13F3N2O2S/c19-12-3-1-11(2-4-12)8-22-18(24)15-10-26-17(23-15)9-25-16-6-5-13(20)7-14(16)21/h1-7,10H,8-9H2,(H,22,24). The molecule has 0 radical (unpaired) electrons. The Morgan fingerprint density at radius 1 is 1.08 bits per heavy atom. The fourth-order valence-electron chi connectivity index (χ4n) is 2.09. The third kappa shape index (κ3) is 4.60. The predicted molar refractivity (Wildman–Crippen MR) is 90.4 cm³/mol. The molecular weight excluding hydrogens is 365 g/mol. The number of nitrogens with one attached hydrogen (secondary N) is 1. The number of ether oxygens (including phenoxy) is 1. The molecule has 0 saturated carbocycles. The molecule has 3 rings (SSSR count). The highest BCUT2D eigenvalue weighted by Gasteiger charge is 2.12. The minimum Gasteiger partial charge on any atom is -0.483 e. The van der Waals surface area contributed by atoms with Crippen molar-refractivity contribution < 1.29 is 22.7 Å². The molecule has 134 valence electrons. The van der Waals surface area contributed by atoms with Crippen LogP contribution in [0.25, 0.3) is 0 Å². The van der Waals surface area contributed by atoms with Gasteiger partial charge in [0.1, 0.15) is 28.9 Å². The predicted octanol–water partition coefficient (Wildman–Crippen LogP) is 4.07. The maximum absolute atomic E-state index is 13.5. The number of halogens is 3. The van der Waals surface area contributed by atoms with Crippen molar-refractivity contribution in [3.05, 3.63) is 81.6 Å². The van der Waals surface area contributed by atoms with Gasteiger partial charge in [-0.25, -0.2) is 18.2 Å². The number of nitrogens with zero attached hydrogens (tertiary/aromatic N) is 1. The van der Waals surface area contributed by atoms with Crippen LogP contribution in [-0.2, 0) is 13.2 Å². The van der Waals surface area contributed by atoms with E-state index in [1.807, 2.05) is 0 Å². The van der Waals surface area contributed by atoms with Crippen molar-refractivity contribution in [1.82, 2.24) is 10.3 Å². The highest BCUT2D eigenvalue weighted by atomic mass is 32.1. The molecule has 1 amide bonds. The molecule has 0 fully saturated rings. The average molecular weight is 378 g/mol. The van der Waals surface area contributed by atoms with Crippen LogP contribution in [0.1, 0.15) is 21.1 Å². The molecule has 0 aliphatic heterocycles. The van der Waals surface area contributed by atoms with E-state index in [1.165, 1.54) is 29.5 Å². The van der Waals surface area contributed by atoms with Crippen molar-refractivity contribution in [2.45, 2.75) is 13.2 Å². The Kier molecular flexibility index (Phi) is 5.52. The largest absolute Gasteiger partial charge is 0.483 e. The summed E-state index contributed by atoms with van der Waals surface area (Å²) >= 11 is 1.19. The monoisotopic (exact) mass is 378 g/mol. The molecule has 2 aromatic carbocycles. The average Bonchev–Trinajstić information content (AvgIpc) is 3.09. The fourth-order valence-corrected chi connectivity index (χ4v) is 2.77. The van der Waals surface area contributed by atoms with Crippen LogP contribution in [0.2, 0.25) is 0 Å². The number of carbonyl (C=O) groups excluding carboxylic acids is 1. The van der Waals surface area contributed by atoms with Crippen LogP contribution in [-0.4, -0.2) is 10.9 Å². The van der Waals surface area contributed by atoms with E-state index in [-0.39, 0.29) is 36.3 Å². The molecule has 8 heteroatoms. The van der Waals surface area contributed by atoms with E-state index in [4.69, 9.17) is 4.74 Å². The number of amides is 1. The van der Waals surface area contributed by atoms with E-state index in [0.29, 0.717) is 5.01 Å². The van der Waals surface area contributed by atoms with Crippen LogP contribution in [0, 0.1) is 17.5 Å². The van der Waals surface area contributed by atoms with Crippen molar-refractivity contribution in [3.8, 4) is 5.75 Å². The smallest absolute Gasteiger partial charge is 0.271 e. The van der Waals surface area contributed by atoms with Crippen molar-refractivity contribution in [1.29, 1.82) is 0 Å². The number of hydrogen-bond acceptors (Lipinski definition) is 4. The van der Waals surface area contributed by atoms with Gasteiger partial charge < -0.3 is 10.1 Å². The molecular formula is C18H13F3N2O2S. The van der Waals surface area contributed by atoms with Gasteiger partial charge in [-0.05, 0) is 29.8 Å². The van der Waals surface area contributed by atoms with Crippen molar-refractivity contribution >= 4 is 17.2 Å². The van der Waals surface area contributed by atoms with Crippen LogP contribution < -0.4 is 10.1 Å². The third-order valence-corrected chi connectivity index (χ3v) is 4.22. The first-order chi connectivity index (χ1) is 12.5. The molecule has 0 aliphatic rings. The highest BCUT2D eigenvalue weighted by molar-refractivity contribution is 7.09. The Morgan fingerprint density at radius 2 is 1.81 bits per heavy atom. The van der Waals surface area contributed by atoms with Gasteiger partial charge in [-0.3, -0.25) is 4.79 Å². The second kappa shape index (κ2) is 8.01. The zero-order valence-electron chi connectivity index (χ0n) is 13.3. The minimum atomic E-state index is -0.807. The molecule has 0 spiro atoms. The lowest BCUT2D eigenvalue weighted by Gasteiger charge is -2.05. The number of aromatic nitrogens is 1. The van der Waals surface area contributed by atoms with Gasteiger partial charge in [0.15, 0.2) is 11.6 Å². The second-order valence-corrected chi connectivity index (χ2v) is 6.24. The summed E-state index contributed by atoms with van der Waals surface area (Å²) in [5.74, 6) is -2.32. The molecule has 0 aliphatic carbocycles. The van der Waals surface area contributed by atoms with E-state index < -0.39 is 11.6 Å². The number of hydrogen-bond donors (Lipinski definition) is 1. The zero-order chi connectivity index (χ0) is 18.5. The van der Waals surface area contributed by atoms with Gasteiger partial charge in [0.05, 0.1) is 0 Å². The van der Waals surface area contributed by atoms with Crippen LogP contribution >= 0.6 is 11.3 Å². The number of rotatable bonds is 6. The fraction of sp³-hybridized carbons (Fsp3) is 0.111. The Labute approximate surface area is 151 Å².